The molecule has 0 unspecified atom stereocenters. The number of hydrogen-bond acceptors (Lipinski definition) is 0. The average Bonchev–Trinajstić information content (AvgIpc) is 2.07. The van der Waals surface area contributed by atoms with Gasteiger partial charge < -0.3 is 0 Å². The summed E-state index contributed by atoms with van der Waals surface area (Å²) < 4.78 is 37.6. The molecular formula is C11H13F3. The van der Waals surface area contributed by atoms with Gasteiger partial charge in [0.05, 0.1) is 5.56 Å². The number of alkyl halides is 3. The molecule has 0 aromatic heterocycles. The van der Waals surface area contributed by atoms with Gasteiger partial charge in [0.2, 0.25) is 0 Å². The van der Waals surface area contributed by atoms with Crippen LogP contribution >= 0.6 is 0 Å². The summed E-state index contributed by atoms with van der Waals surface area (Å²) in [7, 11) is 0. The molecule has 0 heterocycles. The Bertz CT molecular complexity index is 337. The van der Waals surface area contributed by atoms with Gasteiger partial charge in [-0.25, -0.2) is 0 Å². The standard InChI is InChI=1S/C11H13F3/c1-4-9-5-7(2)8(3)6-10(9)11(12,13)14/h5-6H,4H2,1-3H3. The lowest BCUT2D eigenvalue weighted by molar-refractivity contribution is -0.138. The summed E-state index contributed by atoms with van der Waals surface area (Å²) in [6.07, 6.45) is -3.82. The van der Waals surface area contributed by atoms with Crippen LogP contribution in [0, 0.1) is 13.8 Å². The lowest BCUT2D eigenvalue weighted by Gasteiger charge is -2.14. The van der Waals surface area contributed by atoms with Gasteiger partial charge in [-0.05, 0) is 43.0 Å². The minimum atomic E-state index is -4.23. The van der Waals surface area contributed by atoms with E-state index in [0.29, 0.717) is 17.5 Å². The van der Waals surface area contributed by atoms with Crippen LogP contribution in [0.4, 0.5) is 13.2 Å². The Morgan fingerprint density at radius 3 is 2.00 bits per heavy atom. The van der Waals surface area contributed by atoms with Gasteiger partial charge in [-0.15, -0.1) is 0 Å². The highest BCUT2D eigenvalue weighted by Gasteiger charge is 2.33. The van der Waals surface area contributed by atoms with Crippen molar-refractivity contribution in [1.29, 1.82) is 0 Å². The molecule has 3 heteroatoms. The Hall–Kier alpha value is -0.990. The van der Waals surface area contributed by atoms with Gasteiger partial charge in [0, 0.05) is 0 Å². The van der Waals surface area contributed by atoms with Crippen molar-refractivity contribution >= 4 is 0 Å². The molecule has 0 atom stereocenters. The van der Waals surface area contributed by atoms with E-state index in [4.69, 9.17) is 0 Å². The third kappa shape index (κ3) is 2.08. The molecule has 14 heavy (non-hydrogen) atoms. The summed E-state index contributed by atoms with van der Waals surface area (Å²) in [4.78, 5) is 0. The number of hydrogen-bond donors (Lipinski definition) is 0. The molecule has 0 aliphatic carbocycles. The molecule has 0 amide bonds. The van der Waals surface area contributed by atoms with Gasteiger partial charge in [-0.3, -0.25) is 0 Å². The van der Waals surface area contributed by atoms with Crippen LogP contribution in [0.2, 0.25) is 0 Å². The van der Waals surface area contributed by atoms with Crippen LogP contribution in [0.3, 0.4) is 0 Å². The van der Waals surface area contributed by atoms with Crippen LogP contribution in [0.15, 0.2) is 12.1 Å². The minimum Gasteiger partial charge on any atom is -0.166 e. The Kier molecular flexibility index (Phi) is 2.88. The molecular weight excluding hydrogens is 189 g/mol. The van der Waals surface area contributed by atoms with Crippen molar-refractivity contribution in [3.05, 3.63) is 34.4 Å². The van der Waals surface area contributed by atoms with Crippen molar-refractivity contribution in [2.75, 3.05) is 0 Å². The SMILES string of the molecule is CCc1cc(C)c(C)cc1C(F)(F)F. The summed E-state index contributed by atoms with van der Waals surface area (Å²) in [5, 5.41) is 0. The smallest absolute Gasteiger partial charge is 0.166 e. The molecule has 0 radical (unpaired) electrons. The summed E-state index contributed by atoms with van der Waals surface area (Å²) in [5.74, 6) is 0. The van der Waals surface area contributed by atoms with E-state index in [0.717, 1.165) is 5.56 Å². The zero-order valence-corrected chi connectivity index (χ0v) is 8.50. The van der Waals surface area contributed by atoms with Crippen molar-refractivity contribution < 1.29 is 13.2 Å². The number of aryl methyl sites for hydroxylation is 3. The van der Waals surface area contributed by atoms with E-state index >= 15 is 0 Å². The van der Waals surface area contributed by atoms with Crippen LogP contribution < -0.4 is 0 Å². The first-order valence-corrected chi connectivity index (χ1v) is 4.53. The highest BCUT2D eigenvalue weighted by Crippen LogP contribution is 2.33. The molecule has 0 saturated heterocycles. The second-order valence-corrected chi connectivity index (χ2v) is 3.44. The molecule has 1 rings (SSSR count). The Morgan fingerprint density at radius 2 is 1.57 bits per heavy atom. The van der Waals surface area contributed by atoms with E-state index < -0.39 is 11.7 Å². The second kappa shape index (κ2) is 3.64. The maximum atomic E-state index is 12.5. The normalized spacial score (nSPS) is 11.9. The first-order chi connectivity index (χ1) is 6.36. The topological polar surface area (TPSA) is 0 Å². The van der Waals surface area contributed by atoms with Gasteiger partial charge >= 0.3 is 6.18 Å². The summed E-state index contributed by atoms with van der Waals surface area (Å²) in [6.45, 7) is 5.26. The van der Waals surface area contributed by atoms with Crippen LogP contribution in [0.5, 0.6) is 0 Å². The molecule has 1 aromatic rings. The summed E-state index contributed by atoms with van der Waals surface area (Å²) in [5.41, 5.74) is 1.48. The Balaban J connectivity index is 3.35. The molecule has 0 spiro atoms. The van der Waals surface area contributed by atoms with E-state index in [1.165, 1.54) is 6.07 Å². The number of benzene rings is 1. The average molecular weight is 202 g/mol. The first-order valence-electron chi connectivity index (χ1n) is 4.53. The summed E-state index contributed by atoms with van der Waals surface area (Å²) >= 11 is 0. The predicted octanol–water partition coefficient (Wildman–Crippen LogP) is 3.88. The third-order valence-electron chi connectivity index (χ3n) is 2.41. The first kappa shape index (κ1) is 11.1. The lowest BCUT2D eigenvalue weighted by atomic mass is 9.98. The van der Waals surface area contributed by atoms with E-state index in [9.17, 15) is 13.2 Å². The molecule has 0 fully saturated rings. The molecule has 1 aromatic carbocycles. The van der Waals surface area contributed by atoms with Gasteiger partial charge in [-0.2, -0.15) is 13.2 Å². The second-order valence-electron chi connectivity index (χ2n) is 3.44. The molecule has 78 valence electrons. The highest BCUT2D eigenvalue weighted by atomic mass is 19.4. The van der Waals surface area contributed by atoms with Crippen molar-refractivity contribution in [3.63, 3.8) is 0 Å². The molecule has 0 saturated carbocycles. The van der Waals surface area contributed by atoms with Crippen LogP contribution in [-0.4, -0.2) is 0 Å². The zero-order chi connectivity index (χ0) is 10.9. The van der Waals surface area contributed by atoms with Crippen LogP contribution in [-0.2, 0) is 12.6 Å². The maximum absolute atomic E-state index is 12.5. The van der Waals surface area contributed by atoms with Crippen LogP contribution in [0.25, 0.3) is 0 Å². The fourth-order valence-corrected chi connectivity index (χ4v) is 1.43. The van der Waals surface area contributed by atoms with Gasteiger partial charge in [0.1, 0.15) is 0 Å². The van der Waals surface area contributed by atoms with Crippen molar-refractivity contribution in [3.8, 4) is 0 Å². The van der Waals surface area contributed by atoms with Gasteiger partial charge in [0.15, 0.2) is 0 Å². The molecule has 0 aliphatic heterocycles. The van der Waals surface area contributed by atoms with Gasteiger partial charge in [-0.1, -0.05) is 13.0 Å². The monoisotopic (exact) mass is 202 g/mol. The molecule has 0 nitrogen and oxygen atoms in total. The number of halogens is 3. The fourth-order valence-electron chi connectivity index (χ4n) is 1.43. The molecule has 0 aliphatic rings. The van der Waals surface area contributed by atoms with E-state index in [2.05, 4.69) is 0 Å². The quantitative estimate of drug-likeness (QED) is 0.648. The van der Waals surface area contributed by atoms with E-state index in [1.54, 1.807) is 19.9 Å². The number of rotatable bonds is 1. The third-order valence-corrected chi connectivity index (χ3v) is 2.41. The molecule has 0 N–H and O–H groups in total. The van der Waals surface area contributed by atoms with E-state index in [-0.39, 0.29) is 0 Å². The van der Waals surface area contributed by atoms with Crippen molar-refractivity contribution in [2.24, 2.45) is 0 Å². The maximum Gasteiger partial charge on any atom is 0.416 e. The minimum absolute atomic E-state index is 0.376. The highest BCUT2D eigenvalue weighted by molar-refractivity contribution is 5.38. The zero-order valence-electron chi connectivity index (χ0n) is 8.50. The Labute approximate surface area is 81.8 Å². The fraction of sp³-hybridized carbons (Fsp3) is 0.455. The van der Waals surface area contributed by atoms with Crippen molar-refractivity contribution in [1.82, 2.24) is 0 Å². The van der Waals surface area contributed by atoms with E-state index in [1.807, 2.05) is 6.92 Å². The lowest BCUT2D eigenvalue weighted by Crippen LogP contribution is -2.09. The van der Waals surface area contributed by atoms with Crippen molar-refractivity contribution in [2.45, 2.75) is 33.4 Å². The van der Waals surface area contributed by atoms with Gasteiger partial charge in [0.25, 0.3) is 0 Å². The predicted molar refractivity (Wildman–Crippen MR) is 50.3 cm³/mol. The van der Waals surface area contributed by atoms with Crippen LogP contribution in [0.1, 0.15) is 29.2 Å². The largest absolute Gasteiger partial charge is 0.416 e. The molecule has 0 bridgehead atoms. The Morgan fingerprint density at radius 1 is 1.07 bits per heavy atom. The summed E-state index contributed by atoms with van der Waals surface area (Å²) in [6, 6.07) is 2.85.